The van der Waals surface area contributed by atoms with E-state index in [2.05, 4.69) is 13.6 Å². The average Bonchev–Trinajstić information content (AvgIpc) is 2.53. The van der Waals surface area contributed by atoms with Crippen LogP contribution in [0.2, 0.25) is 0 Å². The summed E-state index contributed by atoms with van der Waals surface area (Å²) in [6.45, 7) is 0. The van der Waals surface area contributed by atoms with Crippen molar-refractivity contribution < 1.29 is 17.8 Å². The van der Waals surface area contributed by atoms with Gasteiger partial charge in [0.25, 0.3) is 5.90 Å². The molecule has 0 amide bonds. The van der Waals surface area contributed by atoms with Crippen LogP contribution >= 0.6 is 0 Å². The number of aromatic hydroxyl groups is 1. The minimum atomic E-state index is -1.88. The Morgan fingerprint density at radius 1 is 1.38 bits per heavy atom. The van der Waals surface area contributed by atoms with Gasteiger partial charge in [0.05, 0.1) is 5.56 Å². The summed E-state index contributed by atoms with van der Waals surface area (Å²) >= 11 is -1.88. The molecule has 0 saturated heterocycles. The van der Waals surface area contributed by atoms with Crippen LogP contribution in [0.15, 0.2) is 29.4 Å². The molecule has 1 atom stereocenters. The van der Waals surface area contributed by atoms with E-state index >= 15 is 0 Å². The fraction of sp³-hybridized carbons (Fsp3) is 0. The lowest BCUT2D eigenvalue weighted by Crippen LogP contribution is -2.01. The third-order valence-electron chi connectivity index (χ3n) is 1.46. The van der Waals surface area contributed by atoms with Crippen molar-refractivity contribution in [3.63, 3.8) is 0 Å². The van der Waals surface area contributed by atoms with E-state index in [-0.39, 0.29) is 11.6 Å². The number of hydrogen-bond donors (Lipinski definition) is 1. The molecule has 1 heterocycles. The quantitative estimate of drug-likeness (QED) is 0.722. The van der Waals surface area contributed by atoms with Gasteiger partial charge < -0.3 is 9.29 Å². The Balaban J connectivity index is 2.37. The zero-order valence-electron chi connectivity index (χ0n) is 6.34. The van der Waals surface area contributed by atoms with E-state index in [1.165, 1.54) is 6.07 Å². The molecule has 68 valence electrons. The fourth-order valence-electron chi connectivity index (χ4n) is 0.908. The van der Waals surface area contributed by atoms with Gasteiger partial charge in [0.1, 0.15) is 5.75 Å². The lowest BCUT2D eigenvalue weighted by atomic mass is 10.2. The molecule has 1 aromatic carbocycles. The van der Waals surface area contributed by atoms with Crippen LogP contribution in [-0.4, -0.2) is 15.2 Å². The molecule has 0 radical (unpaired) electrons. The number of phenols is 1. The monoisotopic (exact) mass is 199 g/mol. The minimum absolute atomic E-state index is 0.00347. The fourth-order valence-corrected chi connectivity index (χ4v) is 1.32. The van der Waals surface area contributed by atoms with Crippen molar-refractivity contribution in [2.45, 2.75) is 0 Å². The van der Waals surface area contributed by atoms with Crippen molar-refractivity contribution in [1.29, 1.82) is 0 Å². The van der Waals surface area contributed by atoms with Gasteiger partial charge in [-0.15, -0.1) is 0 Å². The van der Waals surface area contributed by atoms with Gasteiger partial charge in [-0.25, -0.2) is 0 Å². The molecule has 0 saturated carbocycles. The molecule has 13 heavy (non-hydrogen) atoms. The van der Waals surface area contributed by atoms with E-state index in [4.69, 9.17) is 0 Å². The van der Waals surface area contributed by atoms with Crippen LogP contribution in [0, 0.1) is 0 Å². The predicted octanol–water partition coefficient (Wildman–Crippen LogP) is 0.679. The zero-order chi connectivity index (χ0) is 9.26. The highest BCUT2D eigenvalue weighted by atomic mass is 32.2. The van der Waals surface area contributed by atoms with Gasteiger partial charge in [-0.1, -0.05) is 12.1 Å². The predicted molar refractivity (Wildman–Crippen MR) is 45.0 cm³/mol. The van der Waals surface area contributed by atoms with E-state index in [0.29, 0.717) is 5.56 Å². The average molecular weight is 199 g/mol. The van der Waals surface area contributed by atoms with E-state index in [1.54, 1.807) is 18.2 Å². The van der Waals surface area contributed by atoms with Crippen LogP contribution in [0.25, 0.3) is 0 Å². The van der Waals surface area contributed by atoms with Crippen LogP contribution in [0.1, 0.15) is 5.56 Å². The zero-order valence-corrected chi connectivity index (χ0v) is 7.15. The summed E-state index contributed by atoms with van der Waals surface area (Å²) in [6, 6.07) is 6.41. The number of para-hydroxylation sites is 1. The Kier molecular flexibility index (Phi) is 1.90. The molecule has 0 fully saturated rings. The van der Waals surface area contributed by atoms with Gasteiger partial charge in [-0.2, -0.15) is 4.21 Å². The molecule has 0 bridgehead atoms. The summed E-state index contributed by atoms with van der Waals surface area (Å²) in [6.07, 6.45) is 0. The van der Waals surface area contributed by atoms with Crippen LogP contribution in [-0.2, 0) is 19.8 Å². The Morgan fingerprint density at radius 2 is 2.15 bits per heavy atom. The smallest absolute Gasteiger partial charge is 0.441 e. The van der Waals surface area contributed by atoms with Crippen LogP contribution in [0.4, 0.5) is 0 Å². The summed E-state index contributed by atoms with van der Waals surface area (Å²) in [5, 5.41) is 12.7. The van der Waals surface area contributed by atoms with Gasteiger partial charge in [0, 0.05) is 0 Å². The van der Waals surface area contributed by atoms with Gasteiger partial charge in [0.15, 0.2) is 0 Å². The second-order valence-corrected chi connectivity index (χ2v) is 3.00. The molecule has 1 aliphatic heterocycles. The summed E-state index contributed by atoms with van der Waals surface area (Å²) in [7, 11) is 0. The number of hydrogen-bond acceptors (Lipinski definition) is 5. The van der Waals surface area contributed by atoms with Crippen LogP contribution < -0.4 is 0 Å². The summed E-state index contributed by atoms with van der Waals surface area (Å²) in [4.78, 5) is 0. The lowest BCUT2D eigenvalue weighted by Gasteiger charge is -1.98. The van der Waals surface area contributed by atoms with Gasteiger partial charge >= 0.3 is 11.4 Å². The second kappa shape index (κ2) is 3.06. The Morgan fingerprint density at radius 3 is 2.77 bits per heavy atom. The maximum absolute atomic E-state index is 10.6. The van der Waals surface area contributed by atoms with Crippen molar-refractivity contribution in [2.75, 3.05) is 0 Å². The normalized spacial score (nSPS) is 20.3. The van der Waals surface area contributed by atoms with Crippen molar-refractivity contribution in [3.8, 4) is 5.75 Å². The third kappa shape index (κ3) is 1.48. The van der Waals surface area contributed by atoms with Gasteiger partial charge in [-0.3, -0.25) is 4.28 Å². The number of oxime groups is 1. The van der Waals surface area contributed by atoms with Crippen molar-refractivity contribution in [3.05, 3.63) is 29.8 Å². The number of nitrogens with zero attached hydrogens (tertiary/aromatic N) is 1. The maximum atomic E-state index is 10.6. The summed E-state index contributed by atoms with van der Waals surface area (Å²) in [5.41, 5.74) is 0.355. The molecule has 1 unspecified atom stereocenters. The van der Waals surface area contributed by atoms with E-state index in [9.17, 15) is 9.32 Å². The number of benzene rings is 1. The lowest BCUT2D eigenvalue weighted by molar-refractivity contribution is 0.371. The summed E-state index contributed by atoms with van der Waals surface area (Å²) < 4.78 is 19.6. The Hall–Kier alpha value is -1.56. The molecule has 0 aromatic heterocycles. The first kappa shape index (κ1) is 8.06. The Bertz CT molecular complexity index is 390. The Labute approximate surface area is 76.5 Å². The highest BCUT2D eigenvalue weighted by Crippen LogP contribution is 2.20. The standard InChI is InChI=1S/C7H5NO4S/c9-6-4-2-1-3-5(6)7-8-12-13(10)11-7/h1-4,9H. The van der Waals surface area contributed by atoms with E-state index in [0.717, 1.165) is 0 Å². The molecule has 6 heteroatoms. The van der Waals surface area contributed by atoms with Gasteiger partial charge in [-0.05, 0) is 17.3 Å². The largest absolute Gasteiger partial charge is 0.507 e. The minimum Gasteiger partial charge on any atom is -0.507 e. The molecular weight excluding hydrogens is 194 g/mol. The first-order valence-corrected chi connectivity index (χ1v) is 4.41. The molecule has 1 N–H and O–H groups in total. The molecule has 0 aliphatic carbocycles. The maximum Gasteiger partial charge on any atom is 0.441 e. The molecule has 0 spiro atoms. The highest BCUT2D eigenvalue weighted by Gasteiger charge is 2.21. The second-order valence-electron chi connectivity index (χ2n) is 2.28. The first-order valence-electron chi connectivity index (χ1n) is 3.41. The van der Waals surface area contributed by atoms with Crippen LogP contribution in [0.3, 0.4) is 0 Å². The third-order valence-corrected chi connectivity index (χ3v) is 1.95. The van der Waals surface area contributed by atoms with Crippen molar-refractivity contribution >= 4 is 17.3 Å². The first-order chi connectivity index (χ1) is 6.27. The van der Waals surface area contributed by atoms with Crippen molar-refractivity contribution in [1.82, 2.24) is 0 Å². The van der Waals surface area contributed by atoms with Crippen LogP contribution in [0.5, 0.6) is 5.75 Å². The molecular formula is C7H5NO4S. The molecule has 1 aromatic rings. The molecule has 5 nitrogen and oxygen atoms in total. The van der Waals surface area contributed by atoms with E-state index in [1.807, 2.05) is 0 Å². The van der Waals surface area contributed by atoms with Crippen molar-refractivity contribution in [2.24, 2.45) is 5.16 Å². The summed E-state index contributed by atoms with van der Waals surface area (Å²) in [5.74, 6) is 0.0279. The molecule has 2 rings (SSSR count). The SMILES string of the molecule is O=S1ON=C(c2ccccc2O)O1. The molecule has 1 aliphatic rings. The topological polar surface area (TPSA) is 68.1 Å². The van der Waals surface area contributed by atoms with Gasteiger partial charge in [0.2, 0.25) is 0 Å². The number of rotatable bonds is 1. The number of phenolic OH excluding ortho intramolecular Hbond substituents is 1. The highest BCUT2D eigenvalue weighted by molar-refractivity contribution is 7.75. The van der Waals surface area contributed by atoms with E-state index < -0.39 is 11.4 Å².